The molecular formula is C29H33NO3. The van der Waals surface area contributed by atoms with Gasteiger partial charge in [-0.05, 0) is 43.9 Å². The van der Waals surface area contributed by atoms with Crippen LogP contribution in [0.5, 0.6) is 0 Å². The highest BCUT2D eigenvalue weighted by molar-refractivity contribution is 5.69. The molecule has 4 nitrogen and oxygen atoms in total. The van der Waals surface area contributed by atoms with Crippen LogP contribution >= 0.6 is 0 Å². The van der Waals surface area contributed by atoms with Crippen LogP contribution in [-0.2, 0) is 16.1 Å². The third-order valence-electron chi connectivity index (χ3n) is 6.30. The number of hydrogen-bond donors (Lipinski definition) is 0. The number of nitrogens with zero attached hydrogens (tertiary/aromatic N) is 1. The predicted octanol–water partition coefficient (Wildman–Crippen LogP) is 6.25. The number of carbonyl (C=O) groups is 1. The zero-order chi connectivity index (χ0) is 23.2. The van der Waals surface area contributed by atoms with Gasteiger partial charge in [0.25, 0.3) is 0 Å². The van der Waals surface area contributed by atoms with Gasteiger partial charge in [0.2, 0.25) is 0 Å². The normalized spacial score (nSPS) is 18.0. The molecule has 0 aliphatic carbocycles. The molecule has 1 saturated heterocycles. The van der Waals surface area contributed by atoms with Gasteiger partial charge in [0.1, 0.15) is 0 Å². The van der Waals surface area contributed by atoms with Crippen LogP contribution in [0.25, 0.3) is 0 Å². The molecule has 0 radical (unpaired) electrons. The summed E-state index contributed by atoms with van der Waals surface area (Å²) in [5.74, 6) is -0.0106. The van der Waals surface area contributed by atoms with Gasteiger partial charge in [-0.2, -0.15) is 0 Å². The van der Waals surface area contributed by atoms with Gasteiger partial charge < -0.3 is 14.4 Å². The van der Waals surface area contributed by atoms with E-state index in [4.69, 9.17) is 9.47 Å². The fourth-order valence-electron chi connectivity index (χ4n) is 5.05. The van der Waals surface area contributed by atoms with E-state index < -0.39 is 0 Å². The molecule has 1 aliphatic rings. The fraction of sp³-hybridized carbons (Fsp3) is 0.345. The first-order valence-electron chi connectivity index (χ1n) is 11.8. The topological polar surface area (TPSA) is 38.8 Å². The van der Waals surface area contributed by atoms with Crippen LogP contribution in [0.15, 0.2) is 78.9 Å². The molecule has 4 heteroatoms. The molecule has 3 aromatic carbocycles. The van der Waals surface area contributed by atoms with Crippen LogP contribution in [0, 0.1) is 13.8 Å². The maximum atomic E-state index is 13.0. The maximum Gasteiger partial charge on any atom is 0.410 e. The second-order valence-electron chi connectivity index (χ2n) is 8.82. The van der Waals surface area contributed by atoms with E-state index in [0.29, 0.717) is 19.8 Å². The first kappa shape index (κ1) is 23.1. The van der Waals surface area contributed by atoms with Gasteiger partial charge in [-0.3, -0.25) is 0 Å². The molecule has 0 spiro atoms. The van der Waals surface area contributed by atoms with Crippen molar-refractivity contribution < 1.29 is 14.3 Å². The van der Waals surface area contributed by atoms with E-state index in [1.807, 2.05) is 24.0 Å². The zero-order valence-electron chi connectivity index (χ0n) is 19.7. The average Bonchev–Trinajstić information content (AvgIpc) is 3.22. The van der Waals surface area contributed by atoms with Crippen molar-refractivity contribution in [2.24, 2.45) is 0 Å². The van der Waals surface area contributed by atoms with Gasteiger partial charge in [-0.1, -0.05) is 90.0 Å². The van der Waals surface area contributed by atoms with Crippen molar-refractivity contribution in [1.29, 1.82) is 0 Å². The standard InChI is InChI=1S/C29H33NO3/c1-4-32-29(31)30-16-15-26(33-20-23-18-21(2)17-22(3)19-23)28(30)27(24-11-7-5-8-12-24)25-13-9-6-10-14-25/h5-14,17-19,26-28H,4,15-16,20H2,1-3H3/t26-,28+/m1/s1. The Kier molecular flexibility index (Phi) is 7.46. The molecule has 1 aliphatic heterocycles. The van der Waals surface area contributed by atoms with Gasteiger partial charge in [0.05, 0.1) is 25.4 Å². The Morgan fingerprint density at radius 3 is 2.06 bits per heavy atom. The Balaban J connectivity index is 1.69. The SMILES string of the molecule is CCOC(=O)N1CC[C@@H](OCc2cc(C)cc(C)c2)[C@H]1C(c1ccccc1)c1ccccc1. The molecule has 0 unspecified atom stereocenters. The molecule has 0 N–H and O–H groups in total. The van der Waals surface area contributed by atoms with Crippen LogP contribution in [0.1, 0.15) is 47.1 Å². The summed E-state index contributed by atoms with van der Waals surface area (Å²) < 4.78 is 12.0. The summed E-state index contributed by atoms with van der Waals surface area (Å²) in [6.45, 7) is 7.57. The monoisotopic (exact) mass is 443 g/mol. The minimum absolute atomic E-state index is 0.0106. The molecule has 0 bridgehead atoms. The highest BCUT2D eigenvalue weighted by atomic mass is 16.6. The molecule has 1 heterocycles. The lowest BCUT2D eigenvalue weighted by Gasteiger charge is -2.35. The minimum Gasteiger partial charge on any atom is -0.450 e. The Bertz CT molecular complexity index is 991. The van der Waals surface area contributed by atoms with Gasteiger partial charge in [-0.15, -0.1) is 0 Å². The van der Waals surface area contributed by atoms with E-state index in [1.54, 1.807) is 0 Å². The van der Waals surface area contributed by atoms with Crippen molar-refractivity contribution >= 4 is 6.09 Å². The van der Waals surface area contributed by atoms with Gasteiger partial charge in [0.15, 0.2) is 0 Å². The number of aryl methyl sites for hydroxylation is 2. The molecule has 4 rings (SSSR count). The van der Waals surface area contributed by atoms with Crippen molar-refractivity contribution in [3.8, 4) is 0 Å². The number of carbonyl (C=O) groups excluding carboxylic acids is 1. The third-order valence-corrected chi connectivity index (χ3v) is 6.30. The quantitative estimate of drug-likeness (QED) is 0.433. The van der Waals surface area contributed by atoms with E-state index in [1.165, 1.54) is 22.3 Å². The van der Waals surface area contributed by atoms with Gasteiger partial charge >= 0.3 is 6.09 Å². The van der Waals surface area contributed by atoms with Crippen LogP contribution < -0.4 is 0 Å². The molecule has 0 aromatic heterocycles. The molecule has 1 amide bonds. The van der Waals surface area contributed by atoms with E-state index in [-0.39, 0.29) is 24.2 Å². The van der Waals surface area contributed by atoms with Gasteiger partial charge in [0, 0.05) is 12.5 Å². The minimum atomic E-state index is -0.267. The molecule has 172 valence electrons. The Hall–Kier alpha value is -3.11. The highest BCUT2D eigenvalue weighted by Crippen LogP contribution is 2.38. The molecule has 0 saturated carbocycles. The van der Waals surface area contributed by atoms with Crippen molar-refractivity contribution in [3.05, 3.63) is 107 Å². The summed E-state index contributed by atoms with van der Waals surface area (Å²) >= 11 is 0. The number of rotatable bonds is 7. The molecule has 1 fully saturated rings. The van der Waals surface area contributed by atoms with E-state index >= 15 is 0 Å². The maximum absolute atomic E-state index is 13.0. The van der Waals surface area contributed by atoms with Crippen LogP contribution in [0.4, 0.5) is 4.79 Å². The van der Waals surface area contributed by atoms with Gasteiger partial charge in [-0.25, -0.2) is 4.79 Å². The second kappa shape index (κ2) is 10.7. The fourth-order valence-corrected chi connectivity index (χ4v) is 5.05. The summed E-state index contributed by atoms with van der Waals surface area (Å²) in [6, 6.07) is 27.2. The van der Waals surface area contributed by atoms with Crippen molar-refractivity contribution in [2.45, 2.75) is 51.9 Å². The van der Waals surface area contributed by atoms with Crippen molar-refractivity contribution in [1.82, 2.24) is 4.90 Å². The highest BCUT2D eigenvalue weighted by Gasteiger charge is 2.44. The van der Waals surface area contributed by atoms with E-state index in [2.05, 4.69) is 80.6 Å². The molecular weight excluding hydrogens is 410 g/mol. The summed E-state index contributed by atoms with van der Waals surface area (Å²) in [4.78, 5) is 14.9. The lowest BCUT2D eigenvalue weighted by Crippen LogP contribution is -2.45. The molecule has 33 heavy (non-hydrogen) atoms. The van der Waals surface area contributed by atoms with Crippen LogP contribution in [-0.4, -0.2) is 36.3 Å². The third kappa shape index (κ3) is 5.45. The lowest BCUT2D eigenvalue weighted by molar-refractivity contribution is 0.00931. The number of amides is 1. The Labute approximate surface area is 197 Å². The van der Waals surface area contributed by atoms with E-state index in [9.17, 15) is 4.79 Å². The largest absolute Gasteiger partial charge is 0.450 e. The first-order chi connectivity index (χ1) is 16.1. The number of likely N-dealkylation sites (tertiary alicyclic amines) is 1. The average molecular weight is 444 g/mol. The molecule has 3 aromatic rings. The van der Waals surface area contributed by atoms with Crippen LogP contribution in [0.3, 0.4) is 0 Å². The predicted molar refractivity (Wildman–Crippen MR) is 131 cm³/mol. The summed E-state index contributed by atoms with van der Waals surface area (Å²) in [6.07, 6.45) is 0.419. The van der Waals surface area contributed by atoms with Crippen molar-refractivity contribution in [2.75, 3.05) is 13.2 Å². The zero-order valence-corrected chi connectivity index (χ0v) is 19.7. The Morgan fingerprint density at radius 1 is 0.939 bits per heavy atom. The second-order valence-corrected chi connectivity index (χ2v) is 8.82. The Morgan fingerprint density at radius 2 is 1.52 bits per heavy atom. The molecule has 2 atom stereocenters. The smallest absolute Gasteiger partial charge is 0.410 e. The van der Waals surface area contributed by atoms with Crippen molar-refractivity contribution in [3.63, 3.8) is 0 Å². The summed E-state index contributed by atoms with van der Waals surface area (Å²) in [7, 11) is 0. The summed E-state index contributed by atoms with van der Waals surface area (Å²) in [5, 5.41) is 0. The number of benzene rings is 3. The van der Waals surface area contributed by atoms with E-state index in [0.717, 1.165) is 12.0 Å². The summed E-state index contributed by atoms with van der Waals surface area (Å²) in [5.41, 5.74) is 5.97. The number of hydrogen-bond acceptors (Lipinski definition) is 3. The lowest BCUT2D eigenvalue weighted by atomic mass is 9.83. The number of ether oxygens (including phenoxy) is 2. The first-order valence-corrected chi connectivity index (χ1v) is 11.8. The van der Waals surface area contributed by atoms with Crippen LogP contribution in [0.2, 0.25) is 0 Å².